The molecule has 0 aliphatic carbocycles. The summed E-state index contributed by atoms with van der Waals surface area (Å²) in [5.41, 5.74) is 0. The van der Waals surface area contributed by atoms with Crippen LogP contribution in [0.3, 0.4) is 0 Å². The van der Waals surface area contributed by atoms with E-state index < -0.39 is 0 Å². The molecule has 0 aliphatic heterocycles. The van der Waals surface area contributed by atoms with Gasteiger partial charge in [-0.3, -0.25) is 9.59 Å². The fourth-order valence-electron chi connectivity index (χ4n) is 0.959. The lowest BCUT2D eigenvalue weighted by molar-refractivity contribution is -0.141. The standard InChI is InChI=1S/C9H16ClNO3/c1-11(8(12)5-6-10)7-3-4-9(13)14-2/h3-7H2,1-2H3. The van der Waals surface area contributed by atoms with E-state index >= 15 is 0 Å². The van der Waals surface area contributed by atoms with E-state index in [2.05, 4.69) is 4.74 Å². The van der Waals surface area contributed by atoms with Crippen molar-refractivity contribution in [1.82, 2.24) is 4.90 Å². The third-order valence-corrected chi connectivity index (χ3v) is 2.03. The second kappa shape index (κ2) is 7.62. The Labute approximate surface area is 89.2 Å². The minimum Gasteiger partial charge on any atom is -0.469 e. The lowest BCUT2D eigenvalue weighted by Gasteiger charge is -2.15. The number of hydrogen-bond acceptors (Lipinski definition) is 3. The normalized spacial score (nSPS) is 9.64. The highest BCUT2D eigenvalue weighted by molar-refractivity contribution is 6.18. The summed E-state index contributed by atoms with van der Waals surface area (Å²) in [7, 11) is 3.05. The van der Waals surface area contributed by atoms with Gasteiger partial charge in [-0.15, -0.1) is 11.6 Å². The number of carbonyl (C=O) groups is 2. The van der Waals surface area contributed by atoms with Crippen LogP contribution in [0.1, 0.15) is 19.3 Å². The zero-order valence-electron chi connectivity index (χ0n) is 8.59. The highest BCUT2D eigenvalue weighted by Gasteiger charge is 2.08. The quantitative estimate of drug-likeness (QED) is 0.497. The molecule has 5 heteroatoms. The van der Waals surface area contributed by atoms with Gasteiger partial charge in [0.05, 0.1) is 7.11 Å². The van der Waals surface area contributed by atoms with Crippen molar-refractivity contribution in [2.45, 2.75) is 19.3 Å². The lowest BCUT2D eigenvalue weighted by atomic mass is 10.3. The third kappa shape index (κ3) is 5.80. The van der Waals surface area contributed by atoms with Gasteiger partial charge in [0, 0.05) is 32.3 Å². The van der Waals surface area contributed by atoms with Crippen LogP contribution in [-0.4, -0.2) is 43.4 Å². The summed E-state index contributed by atoms with van der Waals surface area (Å²) in [6.45, 7) is 0.560. The summed E-state index contributed by atoms with van der Waals surface area (Å²) in [6, 6.07) is 0. The lowest BCUT2D eigenvalue weighted by Crippen LogP contribution is -2.28. The largest absolute Gasteiger partial charge is 0.469 e. The van der Waals surface area contributed by atoms with Crippen LogP contribution in [0.15, 0.2) is 0 Å². The minimum absolute atomic E-state index is 0.00451. The van der Waals surface area contributed by atoms with Crippen molar-refractivity contribution in [3.8, 4) is 0 Å². The first-order chi connectivity index (χ1) is 6.61. The molecule has 14 heavy (non-hydrogen) atoms. The van der Waals surface area contributed by atoms with Crippen molar-refractivity contribution in [3.63, 3.8) is 0 Å². The number of methoxy groups -OCH3 is 1. The molecule has 82 valence electrons. The Morgan fingerprint density at radius 2 is 2.00 bits per heavy atom. The molecule has 0 heterocycles. The van der Waals surface area contributed by atoms with E-state index in [1.54, 1.807) is 11.9 Å². The third-order valence-electron chi connectivity index (χ3n) is 1.84. The van der Waals surface area contributed by atoms with E-state index in [1.807, 2.05) is 0 Å². The summed E-state index contributed by atoms with van der Waals surface area (Å²) in [5.74, 6) is 0.0910. The van der Waals surface area contributed by atoms with E-state index in [9.17, 15) is 9.59 Å². The summed E-state index contributed by atoms with van der Waals surface area (Å²) < 4.78 is 4.48. The Kier molecular flexibility index (Phi) is 7.20. The second-order valence-electron chi connectivity index (χ2n) is 2.93. The minimum atomic E-state index is -0.247. The van der Waals surface area contributed by atoms with Gasteiger partial charge < -0.3 is 9.64 Å². The predicted octanol–water partition coefficient (Wildman–Crippen LogP) is 1.03. The molecule has 0 bridgehead atoms. The van der Waals surface area contributed by atoms with Gasteiger partial charge in [0.25, 0.3) is 0 Å². The molecule has 0 rings (SSSR count). The number of carbonyl (C=O) groups excluding carboxylic acids is 2. The molecule has 0 unspecified atom stereocenters. The van der Waals surface area contributed by atoms with Crippen LogP contribution in [0.5, 0.6) is 0 Å². The maximum Gasteiger partial charge on any atom is 0.305 e. The van der Waals surface area contributed by atoms with Crippen molar-refractivity contribution < 1.29 is 14.3 Å². The van der Waals surface area contributed by atoms with Gasteiger partial charge in [-0.05, 0) is 6.42 Å². The SMILES string of the molecule is COC(=O)CCCN(C)C(=O)CCCl. The Bertz CT molecular complexity index is 196. The van der Waals surface area contributed by atoms with Crippen molar-refractivity contribution in [2.75, 3.05) is 26.6 Å². The van der Waals surface area contributed by atoms with Crippen LogP contribution in [0.4, 0.5) is 0 Å². The van der Waals surface area contributed by atoms with Gasteiger partial charge >= 0.3 is 5.97 Å². The van der Waals surface area contributed by atoms with Gasteiger partial charge in [-0.25, -0.2) is 0 Å². The fourth-order valence-corrected chi connectivity index (χ4v) is 1.12. The smallest absolute Gasteiger partial charge is 0.305 e. The van der Waals surface area contributed by atoms with Gasteiger partial charge in [-0.2, -0.15) is 0 Å². The zero-order chi connectivity index (χ0) is 11.0. The fraction of sp³-hybridized carbons (Fsp3) is 0.778. The molecule has 0 N–H and O–H groups in total. The molecule has 0 atom stereocenters. The van der Waals surface area contributed by atoms with E-state index in [0.29, 0.717) is 31.7 Å². The van der Waals surface area contributed by atoms with E-state index in [0.717, 1.165) is 0 Å². The van der Waals surface area contributed by atoms with E-state index in [1.165, 1.54) is 7.11 Å². The van der Waals surface area contributed by atoms with Gasteiger partial charge in [0.1, 0.15) is 0 Å². The molecular formula is C9H16ClNO3. The number of alkyl halides is 1. The van der Waals surface area contributed by atoms with Crippen LogP contribution in [0, 0.1) is 0 Å². The van der Waals surface area contributed by atoms with E-state index in [-0.39, 0.29) is 11.9 Å². The number of halogens is 1. The van der Waals surface area contributed by atoms with E-state index in [4.69, 9.17) is 11.6 Å². The number of esters is 1. The maximum atomic E-state index is 11.2. The molecule has 0 saturated carbocycles. The number of hydrogen-bond donors (Lipinski definition) is 0. The predicted molar refractivity (Wildman–Crippen MR) is 54.2 cm³/mol. The number of amides is 1. The molecule has 0 fully saturated rings. The Morgan fingerprint density at radius 3 is 2.50 bits per heavy atom. The van der Waals surface area contributed by atoms with Crippen LogP contribution in [0.25, 0.3) is 0 Å². The summed E-state index contributed by atoms with van der Waals surface area (Å²) in [6.07, 6.45) is 1.31. The average molecular weight is 222 g/mol. The Balaban J connectivity index is 3.58. The Morgan fingerprint density at radius 1 is 1.36 bits per heavy atom. The summed E-state index contributed by atoms with van der Waals surface area (Å²) in [4.78, 5) is 23.5. The number of rotatable bonds is 6. The highest BCUT2D eigenvalue weighted by atomic mass is 35.5. The van der Waals surface area contributed by atoms with Crippen LogP contribution >= 0.6 is 11.6 Å². The van der Waals surface area contributed by atoms with Crippen molar-refractivity contribution in [3.05, 3.63) is 0 Å². The first-order valence-corrected chi connectivity index (χ1v) is 5.02. The van der Waals surface area contributed by atoms with Crippen molar-refractivity contribution >= 4 is 23.5 Å². The highest BCUT2D eigenvalue weighted by Crippen LogP contribution is 1.98. The molecule has 0 aromatic rings. The summed E-state index contributed by atoms with van der Waals surface area (Å²) >= 11 is 5.43. The first-order valence-electron chi connectivity index (χ1n) is 4.48. The maximum absolute atomic E-state index is 11.2. The molecule has 0 saturated heterocycles. The molecule has 0 aromatic carbocycles. The molecular weight excluding hydrogens is 206 g/mol. The van der Waals surface area contributed by atoms with Crippen LogP contribution in [-0.2, 0) is 14.3 Å². The monoisotopic (exact) mass is 221 g/mol. The van der Waals surface area contributed by atoms with Gasteiger partial charge in [0.15, 0.2) is 0 Å². The molecule has 4 nitrogen and oxygen atoms in total. The topological polar surface area (TPSA) is 46.6 Å². The summed E-state index contributed by atoms with van der Waals surface area (Å²) in [5, 5.41) is 0. The number of ether oxygens (including phenoxy) is 1. The molecule has 0 aliphatic rings. The zero-order valence-corrected chi connectivity index (χ0v) is 9.34. The van der Waals surface area contributed by atoms with Crippen molar-refractivity contribution in [1.29, 1.82) is 0 Å². The van der Waals surface area contributed by atoms with Crippen molar-refractivity contribution in [2.24, 2.45) is 0 Å². The molecule has 0 spiro atoms. The van der Waals surface area contributed by atoms with Gasteiger partial charge in [-0.1, -0.05) is 0 Å². The average Bonchev–Trinajstić information content (AvgIpc) is 2.17. The van der Waals surface area contributed by atoms with Crippen LogP contribution < -0.4 is 0 Å². The molecule has 1 amide bonds. The second-order valence-corrected chi connectivity index (χ2v) is 3.31. The Hall–Kier alpha value is -0.770. The first kappa shape index (κ1) is 13.2. The molecule has 0 aromatic heterocycles. The molecule has 0 radical (unpaired) electrons. The number of nitrogens with zero attached hydrogens (tertiary/aromatic N) is 1. The van der Waals surface area contributed by atoms with Crippen LogP contribution in [0.2, 0.25) is 0 Å². The van der Waals surface area contributed by atoms with Gasteiger partial charge in [0.2, 0.25) is 5.91 Å².